The fraction of sp³-hybridized carbons (Fsp3) is 0.0417. The van der Waals surface area contributed by atoms with Crippen LogP contribution < -0.4 is 20.8 Å². The van der Waals surface area contributed by atoms with Crippen LogP contribution in [-0.2, 0) is 9.59 Å². The molecule has 0 aliphatic heterocycles. The van der Waals surface area contributed by atoms with Gasteiger partial charge in [0.05, 0.1) is 23.3 Å². The normalized spacial score (nSPS) is 10.6. The zero-order valence-corrected chi connectivity index (χ0v) is 21.2. The molecule has 11 heteroatoms. The SMILES string of the molecule is COc1ccc(NC(=O)C(=O)Nn2c(C(=O)Nc3ccc(Cl)cc3Cl)cc3cc(Br)ccc32)cc1. The summed E-state index contributed by atoms with van der Waals surface area (Å²) in [6.07, 6.45) is 0. The first-order valence-electron chi connectivity index (χ1n) is 10.1. The van der Waals surface area contributed by atoms with Crippen LogP contribution in [0.4, 0.5) is 11.4 Å². The molecular weight excluding hydrogens is 559 g/mol. The van der Waals surface area contributed by atoms with E-state index in [-0.39, 0.29) is 10.7 Å². The van der Waals surface area contributed by atoms with Gasteiger partial charge >= 0.3 is 11.8 Å². The maximum atomic E-state index is 13.1. The molecule has 178 valence electrons. The van der Waals surface area contributed by atoms with Gasteiger partial charge in [0.25, 0.3) is 5.91 Å². The monoisotopic (exact) mass is 574 g/mol. The molecule has 35 heavy (non-hydrogen) atoms. The molecule has 1 heterocycles. The summed E-state index contributed by atoms with van der Waals surface area (Å²) in [5.74, 6) is -1.84. The molecule has 0 spiro atoms. The van der Waals surface area contributed by atoms with Crippen molar-refractivity contribution in [3.05, 3.63) is 86.9 Å². The Morgan fingerprint density at radius 1 is 0.886 bits per heavy atom. The van der Waals surface area contributed by atoms with Gasteiger partial charge in [-0.1, -0.05) is 39.1 Å². The summed E-state index contributed by atoms with van der Waals surface area (Å²) in [4.78, 5) is 38.4. The quantitative estimate of drug-likeness (QED) is 0.266. The highest BCUT2D eigenvalue weighted by molar-refractivity contribution is 9.10. The number of hydrogen-bond acceptors (Lipinski definition) is 4. The van der Waals surface area contributed by atoms with E-state index in [4.69, 9.17) is 27.9 Å². The third-order valence-corrected chi connectivity index (χ3v) is 5.98. The number of aromatic nitrogens is 1. The molecule has 0 radical (unpaired) electrons. The van der Waals surface area contributed by atoms with E-state index in [1.165, 1.54) is 17.9 Å². The van der Waals surface area contributed by atoms with Crippen molar-refractivity contribution in [3.63, 3.8) is 0 Å². The van der Waals surface area contributed by atoms with Crippen LogP contribution in [0.3, 0.4) is 0 Å². The Morgan fingerprint density at radius 3 is 2.31 bits per heavy atom. The molecular formula is C24H17BrCl2N4O4. The van der Waals surface area contributed by atoms with E-state index in [9.17, 15) is 14.4 Å². The average molecular weight is 576 g/mol. The van der Waals surface area contributed by atoms with E-state index in [1.807, 2.05) is 0 Å². The molecule has 0 bridgehead atoms. The van der Waals surface area contributed by atoms with Crippen molar-refractivity contribution in [1.82, 2.24) is 4.68 Å². The zero-order chi connectivity index (χ0) is 25.1. The number of amides is 3. The molecule has 8 nitrogen and oxygen atoms in total. The number of carbonyl (C=O) groups excluding carboxylic acids is 3. The second-order valence-corrected chi connectivity index (χ2v) is 9.03. The van der Waals surface area contributed by atoms with Crippen molar-refractivity contribution < 1.29 is 19.1 Å². The highest BCUT2D eigenvalue weighted by atomic mass is 79.9. The molecule has 0 saturated carbocycles. The number of ether oxygens (including phenoxy) is 1. The topological polar surface area (TPSA) is 101 Å². The maximum Gasteiger partial charge on any atom is 0.328 e. The van der Waals surface area contributed by atoms with Gasteiger partial charge in [0.1, 0.15) is 11.4 Å². The molecule has 4 rings (SSSR count). The van der Waals surface area contributed by atoms with Gasteiger partial charge in [0.2, 0.25) is 0 Å². The Kier molecular flexibility index (Phi) is 7.30. The minimum atomic E-state index is -0.972. The molecule has 3 N–H and O–H groups in total. The van der Waals surface area contributed by atoms with Gasteiger partial charge in [0, 0.05) is 20.6 Å². The fourth-order valence-electron chi connectivity index (χ4n) is 3.27. The predicted octanol–water partition coefficient (Wildman–Crippen LogP) is 5.68. The van der Waals surface area contributed by atoms with Crippen molar-refractivity contribution in [1.29, 1.82) is 0 Å². The van der Waals surface area contributed by atoms with Crippen LogP contribution in [0, 0.1) is 0 Å². The van der Waals surface area contributed by atoms with Crippen molar-refractivity contribution >= 4 is 79.1 Å². The molecule has 0 saturated heterocycles. The number of methoxy groups -OCH3 is 1. The van der Waals surface area contributed by atoms with Crippen molar-refractivity contribution in [2.24, 2.45) is 0 Å². The Balaban J connectivity index is 1.61. The summed E-state index contributed by atoms with van der Waals surface area (Å²) >= 11 is 15.5. The van der Waals surface area contributed by atoms with Crippen molar-refractivity contribution in [2.45, 2.75) is 0 Å². The maximum absolute atomic E-state index is 13.1. The van der Waals surface area contributed by atoms with Gasteiger partial charge in [-0.15, -0.1) is 0 Å². The van der Waals surface area contributed by atoms with Crippen molar-refractivity contribution in [2.75, 3.05) is 23.2 Å². The van der Waals surface area contributed by atoms with Crippen LogP contribution in [0.5, 0.6) is 5.75 Å². The van der Waals surface area contributed by atoms with Crippen molar-refractivity contribution in [3.8, 4) is 5.75 Å². The van der Waals surface area contributed by atoms with Gasteiger partial charge in [-0.05, 0) is 66.7 Å². The van der Waals surface area contributed by atoms with Gasteiger partial charge < -0.3 is 15.4 Å². The standard InChI is InChI=1S/C24H17BrCl2N4O4/c1-35-17-6-4-16(5-7-17)28-23(33)24(34)30-31-20-9-2-14(25)10-13(20)11-21(31)22(32)29-19-8-3-15(26)12-18(19)27/h2-12H,1H3,(H,28,33)(H,29,32)(H,30,34). The first-order valence-corrected chi connectivity index (χ1v) is 11.6. The minimum Gasteiger partial charge on any atom is -0.497 e. The van der Waals surface area contributed by atoms with E-state index in [0.717, 1.165) is 4.47 Å². The number of carbonyl (C=O) groups is 3. The van der Waals surface area contributed by atoms with Crippen LogP contribution in [0.2, 0.25) is 10.0 Å². The van der Waals surface area contributed by atoms with Crippen LogP contribution in [-0.4, -0.2) is 29.5 Å². The molecule has 0 atom stereocenters. The third-order valence-electron chi connectivity index (χ3n) is 4.94. The van der Waals surface area contributed by atoms with E-state index < -0.39 is 17.7 Å². The summed E-state index contributed by atoms with van der Waals surface area (Å²) in [7, 11) is 1.52. The number of anilines is 2. The van der Waals surface area contributed by atoms with Crippen LogP contribution in [0.25, 0.3) is 10.9 Å². The van der Waals surface area contributed by atoms with Crippen LogP contribution in [0.15, 0.2) is 71.2 Å². The second kappa shape index (κ2) is 10.4. The summed E-state index contributed by atoms with van der Waals surface area (Å²) in [5, 5.41) is 6.53. The smallest absolute Gasteiger partial charge is 0.328 e. The van der Waals surface area contributed by atoms with Crippen LogP contribution in [0.1, 0.15) is 10.5 Å². The number of hydrogen-bond donors (Lipinski definition) is 3. The molecule has 0 unspecified atom stereocenters. The summed E-state index contributed by atoms with van der Waals surface area (Å²) < 4.78 is 7.10. The second-order valence-electron chi connectivity index (χ2n) is 7.27. The summed E-state index contributed by atoms with van der Waals surface area (Å²) in [6, 6.07) is 18.0. The molecule has 0 fully saturated rings. The highest BCUT2D eigenvalue weighted by Gasteiger charge is 2.22. The number of benzene rings is 3. The van der Waals surface area contributed by atoms with Gasteiger partial charge in [-0.3, -0.25) is 19.8 Å². The Morgan fingerprint density at radius 2 is 1.63 bits per heavy atom. The largest absolute Gasteiger partial charge is 0.497 e. The number of nitrogens with one attached hydrogen (secondary N) is 3. The van der Waals surface area contributed by atoms with E-state index in [0.29, 0.717) is 33.0 Å². The Labute approximate surface area is 218 Å². The number of rotatable bonds is 5. The third kappa shape index (κ3) is 5.59. The Bertz CT molecular complexity index is 1450. The lowest BCUT2D eigenvalue weighted by atomic mass is 10.2. The van der Waals surface area contributed by atoms with Crippen LogP contribution >= 0.6 is 39.1 Å². The van der Waals surface area contributed by atoms with E-state index >= 15 is 0 Å². The lowest BCUT2D eigenvalue weighted by Gasteiger charge is -2.13. The molecule has 3 amide bonds. The van der Waals surface area contributed by atoms with Gasteiger partial charge in [-0.2, -0.15) is 0 Å². The predicted molar refractivity (Wildman–Crippen MR) is 140 cm³/mol. The first-order chi connectivity index (χ1) is 16.7. The highest BCUT2D eigenvalue weighted by Crippen LogP contribution is 2.27. The molecule has 3 aromatic carbocycles. The summed E-state index contributed by atoms with van der Waals surface area (Å²) in [6.45, 7) is 0. The molecule has 1 aromatic heterocycles. The molecule has 0 aliphatic carbocycles. The number of fused-ring (bicyclic) bond motifs is 1. The lowest BCUT2D eigenvalue weighted by Crippen LogP contribution is -2.36. The zero-order valence-electron chi connectivity index (χ0n) is 18.1. The van der Waals surface area contributed by atoms with Gasteiger partial charge in [0.15, 0.2) is 0 Å². The number of halogens is 3. The summed E-state index contributed by atoms with van der Waals surface area (Å²) in [5.41, 5.74) is 3.82. The fourth-order valence-corrected chi connectivity index (χ4v) is 4.10. The van der Waals surface area contributed by atoms with E-state index in [2.05, 4.69) is 32.0 Å². The van der Waals surface area contributed by atoms with E-state index in [1.54, 1.807) is 60.7 Å². The minimum absolute atomic E-state index is 0.0784. The Hall–Kier alpha value is -3.53. The first kappa shape index (κ1) is 24.6. The lowest BCUT2D eigenvalue weighted by molar-refractivity contribution is -0.133. The molecule has 0 aliphatic rings. The average Bonchev–Trinajstić information content (AvgIpc) is 3.18. The number of nitrogens with zero attached hydrogens (tertiary/aromatic N) is 1. The molecule has 4 aromatic rings. The van der Waals surface area contributed by atoms with Gasteiger partial charge in [-0.25, -0.2) is 4.68 Å².